The minimum Gasteiger partial charge on any atom is -0.396 e. The highest BCUT2D eigenvalue weighted by atomic mass is 32.2. The van der Waals surface area contributed by atoms with Crippen molar-refractivity contribution in [3.8, 4) is 0 Å². The highest BCUT2D eigenvalue weighted by Gasteiger charge is 2.46. The summed E-state index contributed by atoms with van der Waals surface area (Å²) in [5, 5.41) is 13.0. The van der Waals surface area contributed by atoms with Gasteiger partial charge >= 0.3 is 0 Å². The Bertz CT molecular complexity index is 756. The Kier molecular flexibility index (Phi) is 5.09. The molecule has 0 aliphatic carbocycles. The molecule has 0 unspecified atom stereocenters. The van der Waals surface area contributed by atoms with E-state index >= 15 is 0 Å². The van der Waals surface area contributed by atoms with E-state index in [1.165, 1.54) is 4.21 Å². The number of nitrogen functional groups attached to an aromatic ring is 1. The summed E-state index contributed by atoms with van der Waals surface area (Å²) in [6.07, 6.45) is 3.25. The number of hydrogen-bond donors (Lipinski definition) is 2. The van der Waals surface area contributed by atoms with Gasteiger partial charge in [0.05, 0.1) is 10.8 Å². The molecular formula is C18H25N5OS2. The quantitative estimate of drug-likeness (QED) is 0.776. The second-order valence-electron chi connectivity index (χ2n) is 7.27. The van der Waals surface area contributed by atoms with Gasteiger partial charge in [-0.05, 0) is 44.3 Å². The molecule has 0 aromatic carbocycles. The smallest absolute Gasteiger partial charge is 0.223 e. The number of nitrogens with zero attached hydrogens (tertiary/aromatic N) is 4. The van der Waals surface area contributed by atoms with Crippen LogP contribution in [0.5, 0.6) is 0 Å². The molecule has 4 rings (SSSR count). The zero-order valence-corrected chi connectivity index (χ0v) is 16.6. The summed E-state index contributed by atoms with van der Waals surface area (Å²) < 4.78 is 1.19. The molecule has 2 aromatic rings. The fourth-order valence-electron chi connectivity index (χ4n) is 4.29. The van der Waals surface area contributed by atoms with E-state index in [-0.39, 0.29) is 12.0 Å². The van der Waals surface area contributed by atoms with E-state index in [1.807, 2.05) is 12.1 Å². The molecule has 6 nitrogen and oxygen atoms in total. The van der Waals surface area contributed by atoms with Crippen molar-refractivity contribution in [2.75, 3.05) is 43.9 Å². The Morgan fingerprint density at radius 2 is 2.27 bits per heavy atom. The Morgan fingerprint density at radius 1 is 1.38 bits per heavy atom. The predicted octanol–water partition coefficient (Wildman–Crippen LogP) is 2.55. The van der Waals surface area contributed by atoms with Gasteiger partial charge in [0.15, 0.2) is 0 Å². The minimum absolute atomic E-state index is 0.0244. The number of hydrogen-bond acceptors (Lipinski definition) is 8. The van der Waals surface area contributed by atoms with Gasteiger partial charge in [-0.1, -0.05) is 17.8 Å². The lowest BCUT2D eigenvalue weighted by molar-refractivity contribution is -0.0277. The molecule has 26 heavy (non-hydrogen) atoms. The largest absolute Gasteiger partial charge is 0.396 e. The third-order valence-corrected chi connectivity index (χ3v) is 7.70. The number of piperidine rings is 2. The van der Waals surface area contributed by atoms with Gasteiger partial charge in [-0.3, -0.25) is 0 Å². The minimum atomic E-state index is 0.0244. The maximum absolute atomic E-state index is 10.1. The van der Waals surface area contributed by atoms with E-state index in [0.717, 1.165) is 49.7 Å². The Balaban J connectivity index is 1.57. The number of nitrogens with two attached hydrogens (primary N) is 1. The molecule has 2 aromatic heterocycles. The first kappa shape index (κ1) is 18.0. The summed E-state index contributed by atoms with van der Waals surface area (Å²) in [4.78, 5) is 13.6. The molecule has 0 saturated carbocycles. The predicted molar refractivity (Wildman–Crippen MR) is 107 cm³/mol. The normalized spacial score (nSPS) is 26.7. The van der Waals surface area contributed by atoms with E-state index in [4.69, 9.17) is 5.73 Å². The SMILES string of the molecule is CN1CCC[C@]2(CO)CCN(c3cc(Sc4cccs4)nc(N)n3)C[C@@H]12. The molecule has 2 saturated heterocycles. The topological polar surface area (TPSA) is 78.5 Å². The Labute approximate surface area is 162 Å². The van der Waals surface area contributed by atoms with Gasteiger partial charge in [-0.25, -0.2) is 4.98 Å². The maximum atomic E-state index is 10.1. The third-order valence-electron chi connectivity index (χ3n) is 5.74. The average molecular weight is 392 g/mol. The number of aromatic nitrogens is 2. The summed E-state index contributed by atoms with van der Waals surface area (Å²) in [5.41, 5.74) is 6.02. The first-order chi connectivity index (χ1) is 12.6. The fourth-order valence-corrected chi connectivity index (χ4v) is 6.01. The number of thiophene rings is 1. The van der Waals surface area contributed by atoms with Gasteiger partial charge in [-0.15, -0.1) is 11.3 Å². The molecule has 2 aliphatic heterocycles. The number of likely N-dealkylation sites (N-methyl/N-ethyl adjacent to an activating group) is 1. The Hall–Kier alpha value is -1.35. The second kappa shape index (κ2) is 7.34. The van der Waals surface area contributed by atoms with Crippen LogP contribution in [0.4, 0.5) is 11.8 Å². The number of rotatable bonds is 4. The van der Waals surface area contributed by atoms with E-state index in [2.05, 4.69) is 38.3 Å². The molecule has 0 amide bonds. The third kappa shape index (κ3) is 3.43. The average Bonchev–Trinajstić information content (AvgIpc) is 3.14. The van der Waals surface area contributed by atoms with Crippen molar-refractivity contribution in [3.63, 3.8) is 0 Å². The zero-order valence-electron chi connectivity index (χ0n) is 15.0. The van der Waals surface area contributed by atoms with Crippen molar-refractivity contribution in [2.45, 2.75) is 34.5 Å². The summed E-state index contributed by atoms with van der Waals surface area (Å²) in [5.74, 6) is 1.21. The maximum Gasteiger partial charge on any atom is 0.223 e. The van der Waals surface area contributed by atoms with Crippen molar-refractivity contribution >= 4 is 34.9 Å². The van der Waals surface area contributed by atoms with Crippen LogP contribution < -0.4 is 10.6 Å². The van der Waals surface area contributed by atoms with Crippen molar-refractivity contribution in [3.05, 3.63) is 23.6 Å². The van der Waals surface area contributed by atoms with Gasteiger partial charge in [0, 0.05) is 30.6 Å². The van der Waals surface area contributed by atoms with Gasteiger partial charge in [0.1, 0.15) is 10.8 Å². The molecule has 8 heteroatoms. The van der Waals surface area contributed by atoms with Crippen molar-refractivity contribution in [1.29, 1.82) is 0 Å². The van der Waals surface area contributed by atoms with Crippen LogP contribution in [0.15, 0.2) is 32.8 Å². The molecule has 2 atom stereocenters. The summed E-state index contributed by atoms with van der Waals surface area (Å²) in [7, 11) is 2.17. The van der Waals surface area contributed by atoms with Crippen LogP contribution in [0.1, 0.15) is 19.3 Å². The van der Waals surface area contributed by atoms with Gasteiger partial charge in [-0.2, -0.15) is 4.98 Å². The first-order valence-corrected chi connectivity index (χ1v) is 10.7. The van der Waals surface area contributed by atoms with Gasteiger partial charge in [0.2, 0.25) is 5.95 Å². The number of aliphatic hydroxyl groups excluding tert-OH is 1. The monoisotopic (exact) mass is 391 g/mol. The first-order valence-electron chi connectivity index (χ1n) is 9.02. The van der Waals surface area contributed by atoms with Crippen LogP contribution in [-0.4, -0.2) is 59.3 Å². The van der Waals surface area contributed by atoms with Crippen LogP contribution in [-0.2, 0) is 0 Å². The fraction of sp³-hybridized carbons (Fsp3) is 0.556. The molecule has 0 spiro atoms. The van der Waals surface area contributed by atoms with Gasteiger partial charge < -0.3 is 20.6 Å². The number of fused-ring (bicyclic) bond motifs is 1. The molecule has 4 heterocycles. The highest BCUT2D eigenvalue weighted by Crippen LogP contribution is 2.42. The van der Waals surface area contributed by atoms with E-state index in [0.29, 0.717) is 12.0 Å². The number of aliphatic hydroxyl groups is 1. The molecule has 0 radical (unpaired) electrons. The van der Waals surface area contributed by atoms with Crippen LogP contribution in [0.2, 0.25) is 0 Å². The van der Waals surface area contributed by atoms with Crippen molar-refractivity contribution < 1.29 is 5.11 Å². The van der Waals surface area contributed by atoms with Crippen LogP contribution in [0.25, 0.3) is 0 Å². The van der Waals surface area contributed by atoms with Crippen LogP contribution >= 0.6 is 23.1 Å². The lowest BCUT2D eigenvalue weighted by Crippen LogP contribution is -2.61. The summed E-state index contributed by atoms with van der Waals surface area (Å²) in [6, 6.07) is 6.51. The van der Waals surface area contributed by atoms with Crippen molar-refractivity contribution in [1.82, 2.24) is 14.9 Å². The number of likely N-dealkylation sites (tertiary alicyclic amines) is 1. The molecule has 0 bridgehead atoms. The zero-order chi connectivity index (χ0) is 18.1. The number of anilines is 2. The molecular weight excluding hydrogens is 366 g/mol. The van der Waals surface area contributed by atoms with E-state index in [9.17, 15) is 5.11 Å². The molecule has 2 aliphatic rings. The lowest BCUT2D eigenvalue weighted by atomic mass is 9.69. The highest BCUT2D eigenvalue weighted by molar-refractivity contribution is 8.01. The lowest BCUT2D eigenvalue weighted by Gasteiger charge is -2.53. The van der Waals surface area contributed by atoms with Crippen LogP contribution in [0, 0.1) is 5.41 Å². The second-order valence-corrected chi connectivity index (χ2v) is 9.54. The molecule has 140 valence electrons. The summed E-state index contributed by atoms with van der Waals surface area (Å²) in [6.45, 7) is 3.12. The van der Waals surface area contributed by atoms with E-state index in [1.54, 1.807) is 23.1 Å². The van der Waals surface area contributed by atoms with Crippen molar-refractivity contribution in [2.24, 2.45) is 5.41 Å². The van der Waals surface area contributed by atoms with Gasteiger partial charge in [0.25, 0.3) is 0 Å². The Morgan fingerprint density at radius 3 is 3.04 bits per heavy atom. The molecule has 2 fully saturated rings. The van der Waals surface area contributed by atoms with E-state index < -0.39 is 0 Å². The molecule has 3 N–H and O–H groups in total. The summed E-state index contributed by atoms with van der Waals surface area (Å²) >= 11 is 3.32. The standard InChI is InChI=1S/C18H25N5OS2/c1-22-7-3-5-18(12-24)6-8-23(11-13(18)22)14-10-15(21-17(19)20-14)26-16-4-2-9-25-16/h2,4,9-10,13,24H,3,5-8,11-12H2,1H3,(H2,19,20,21)/t13-,18-/m1/s1. The van der Waals surface area contributed by atoms with Crippen LogP contribution in [0.3, 0.4) is 0 Å².